The standard InChI is InChI=1S/C16H23F2NO/c1-3-19-14(9-7-12-5-4-10-20-12)13-8-6-11(2)15(17)16(13)18/h6,8,12,14,19H,3-5,7,9-10H2,1-2H3. The minimum Gasteiger partial charge on any atom is -0.378 e. The second-order valence-corrected chi connectivity index (χ2v) is 5.42. The van der Waals surface area contributed by atoms with Crippen molar-refractivity contribution in [2.45, 2.75) is 51.7 Å². The van der Waals surface area contributed by atoms with Crippen molar-refractivity contribution in [3.63, 3.8) is 0 Å². The smallest absolute Gasteiger partial charge is 0.163 e. The number of nitrogens with one attached hydrogen (secondary N) is 1. The van der Waals surface area contributed by atoms with Gasteiger partial charge in [0.05, 0.1) is 6.10 Å². The number of hydrogen-bond donors (Lipinski definition) is 1. The summed E-state index contributed by atoms with van der Waals surface area (Å²) in [6, 6.07) is 3.18. The molecule has 4 heteroatoms. The molecule has 1 saturated heterocycles. The second-order valence-electron chi connectivity index (χ2n) is 5.42. The van der Waals surface area contributed by atoms with Crippen molar-refractivity contribution in [3.05, 3.63) is 34.9 Å². The molecule has 0 spiro atoms. The Morgan fingerprint density at radius 1 is 1.35 bits per heavy atom. The number of benzene rings is 1. The summed E-state index contributed by atoms with van der Waals surface area (Å²) in [5, 5.41) is 3.25. The van der Waals surface area contributed by atoms with Crippen LogP contribution in [0.4, 0.5) is 8.78 Å². The van der Waals surface area contributed by atoms with Crippen LogP contribution in [-0.2, 0) is 4.74 Å². The highest BCUT2D eigenvalue weighted by Gasteiger charge is 2.22. The summed E-state index contributed by atoms with van der Waals surface area (Å²) in [7, 11) is 0. The van der Waals surface area contributed by atoms with Crippen LogP contribution >= 0.6 is 0 Å². The summed E-state index contributed by atoms with van der Waals surface area (Å²) in [4.78, 5) is 0. The van der Waals surface area contributed by atoms with Crippen molar-refractivity contribution in [2.75, 3.05) is 13.2 Å². The lowest BCUT2D eigenvalue weighted by molar-refractivity contribution is 0.0995. The number of rotatable bonds is 6. The van der Waals surface area contributed by atoms with Crippen LogP contribution in [0, 0.1) is 18.6 Å². The molecule has 1 aromatic rings. The van der Waals surface area contributed by atoms with E-state index >= 15 is 0 Å². The van der Waals surface area contributed by atoms with Crippen LogP contribution in [0.2, 0.25) is 0 Å². The Morgan fingerprint density at radius 2 is 2.15 bits per heavy atom. The van der Waals surface area contributed by atoms with E-state index in [-0.39, 0.29) is 12.1 Å². The quantitative estimate of drug-likeness (QED) is 0.855. The van der Waals surface area contributed by atoms with Gasteiger partial charge in [0.1, 0.15) is 0 Å². The van der Waals surface area contributed by atoms with Crippen molar-refractivity contribution < 1.29 is 13.5 Å². The first-order valence-electron chi connectivity index (χ1n) is 7.43. The summed E-state index contributed by atoms with van der Waals surface area (Å²) in [6.07, 6.45) is 4.09. The summed E-state index contributed by atoms with van der Waals surface area (Å²) >= 11 is 0. The highest BCUT2D eigenvalue weighted by Crippen LogP contribution is 2.27. The molecule has 1 aromatic carbocycles. The Kier molecular flexibility index (Phi) is 5.49. The fraction of sp³-hybridized carbons (Fsp3) is 0.625. The number of hydrogen-bond acceptors (Lipinski definition) is 2. The van der Waals surface area contributed by atoms with Gasteiger partial charge in [-0.2, -0.15) is 0 Å². The zero-order valence-corrected chi connectivity index (χ0v) is 12.2. The Morgan fingerprint density at radius 3 is 2.80 bits per heavy atom. The second kappa shape index (κ2) is 7.14. The van der Waals surface area contributed by atoms with Gasteiger partial charge in [0.25, 0.3) is 0 Å². The molecule has 0 radical (unpaired) electrons. The molecule has 2 atom stereocenters. The Bertz CT molecular complexity index is 444. The number of halogens is 2. The SMILES string of the molecule is CCNC(CCC1CCCO1)c1ccc(C)c(F)c1F. The maximum atomic E-state index is 14.1. The first-order valence-corrected chi connectivity index (χ1v) is 7.43. The van der Waals surface area contributed by atoms with E-state index in [1.807, 2.05) is 6.92 Å². The van der Waals surface area contributed by atoms with Gasteiger partial charge >= 0.3 is 0 Å². The van der Waals surface area contributed by atoms with Gasteiger partial charge in [0, 0.05) is 18.2 Å². The third-order valence-electron chi connectivity index (χ3n) is 3.93. The average molecular weight is 283 g/mol. The molecule has 1 N–H and O–H groups in total. The lowest BCUT2D eigenvalue weighted by Crippen LogP contribution is -2.24. The van der Waals surface area contributed by atoms with E-state index in [2.05, 4.69) is 5.32 Å². The van der Waals surface area contributed by atoms with Gasteiger partial charge < -0.3 is 10.1 Å². The van der Waals surface area contributed by atoms with E-state index in [0.717, 1.165) is 38.8 Å². The van der Waals surface area contributed by atoms with Crippen LogP contribution in [-0.4, -0.2) is 19.3 Å². The molecule has 2 rings (SSSR count). The molecule has 0 bridgehead atoms. The van der Waals surface area contributed by atoms with E-state index in [1.54, 1.807) is 19.1 Å². The van der Waals surface area contributed by atoms with Crippen LogP contribution in [0.1, 0.15) is 49.8 Å². The molecule has 1 heterocycles. The lowest BCUT2D eigenvalue weighted by Gasteiger charge is -2.21. The maximum absolute atomic E-state index is 14.1. The lowest BCUT2D eigenvalue weighted by atomic mass is 9.97. The van der Waals surface area contributed by atoms with Gasteiger partial charge in [-0.25, -0.2) is 8.78 Å². The zero-order chi connectivity index (χ0) is 14.5. The molecule has 1 fully saturated rings. The predicted molar refractivity (Wildman–Crippen MR) is 75.7 cm³/mol. The van der Waals surface area contributed by atoms with Gasteiger partial charge in [-0.1, -0.05) is 19.1 Å². The molecule has 112 valence electrons. The Labute approximate surface area is 119 Å². The largest absolute Gasteiger partial charge is 0.378 e. The van der Waals surface area contributed by atoms with Crippen LogP contribution < -0.4 is 5.32 Å². The fourth-order valence-electron chi connectivity index (χ4n) is 2.77. The molecule has 1 aliphatic rings. The minimum atomic E-state index is -0.734. The van der Waals surface area contributed by atoms with Gasteiger partial charge in [-0.15, -0.1) is 0 Å². The highest BCUT2D eigenvalue weighted by molar-refractivity contribution is 5.28. The van der Waals surface area contributed by atoms with Crippen molar-refractivity contribution in [1.29, 1.82) is 0 Å². The molecule has 0 aliphatic carbocycles. The number of aryl methyl sites for hydroxylation is 1. The molecule has 0 aromatic heterocycles. The van der Waals surface area contributed by atoms with Crippen molar-refractivity contribution in [2.24, 2.45) is 0 Å². The maximum Gasteiger partial charge on any atom is 0.163 e. The van der Waals surface area contributed by atoms with E-state index in [1.165, 1.54) is 0 Å². The van der Waals surface area contributed by atoms with Crippen LogP contribution in [0.3, 0.4) is 0 Å². The van der Waals surface area contributed by atoms with Crippen LogP contribution in [0.15, 0.2) is 12.1 Å². The molecule has 2 nitrogen and oxygen atoms in total. The van der Waals surface area contributed by atoms with Gasteiger partial charge in [-0.3, -0.25) is 0 Å². The van der Waals surface area contributed by atoms with E-state index < -0.39 is 11.6 Å². The van der Waals surface area contributed by atoms with Crippen molar-refractivity contribution in [1.82, 2.24) is 5.32 Å². The Balaban J connectivity index is 2.08. The summed E-state index contributed by atoms with van der Waals surface area (Å²) in [6.45, 7) is 5.10. The van der Waals surface area contributed by atoms with E-state index in [0.29, 0.717) is 11.1 Å². The summed E-state index contributed by atoms with van der Waals surface area (Å²) < 4.78 is 33.4. The van der Waals surface area contributed by atoms with Gasteiger partial charge in [0.2, 0.25) is 0 Å². The molecule has 0 amide bonds. The van der Waals surface area contributed by atoms with Gasteiger partial charge in [0.15, 0.2) is 11.6 Å². The molecule has 2 unspecified atom stereocenters. The highest BCUT2D eigenvalue weighted by atomic mass is 19.2. The van der Waals surface area contributed by atoms with Crippen LogP contribution in [0.5, 0.6) is 0 Å². The third-order valence-corrected chi connectivity index (χ3v) is 3.93. The van der Waals surface area contributed by atoms with Crippen molar-refractivity contribution in [3.8, 4) is 0 Å². The van der Waals surface area contributed by atoms with E-state index in [4.69, 9.17) is 4.74 Å². The molecule has 20 heavy (non-hydrogen) atoms. The average Bonchev–Trinajstić information content (AvgIpc) is 2.95. The fourth-order valence-corrected chi connectivity index (χ4v) is 2.77. The molecule has 1 aliphatic heterocycles. The molecule has 0 saturated carbocycles. The normalized spacial score (nSPS) is 20.3. The van der Waals surface area contributed by atoms with E-state index in [9.17, 15) is 8.78 Å². The topological polar surface area (TPSA) is 21.3 Å². The monoisotopic (exact) mass is 283 g/mol. The predicted octanol–water partition coefficient (Wildman–Crippen LogP) is 3.88. The Hall–Kier alpha value is -1.00. The summed E-state index contributed by atoms with van der Waals surface area (Å²) in [5.41, 5.74) is 0.772. The van der Waals surface area contributed by atoms with Gasteiger partial charge in [-0.05, 0) is 44.7 Å². The first kappa shape index (κ1) is 15.4. The van der Waals surface area contributed by atoms with Crippen LogP contribution in [0.25, 0.3) is 0 Å². The molecular weight excluding hydrogens is 260 g/mol. The zero-order valence-electron chi connectivity index (χ0n) is 12.2. The minimum absolute atomic E-state index is 0.153. The molecular formula is C16H23F2NO. The van der Waals surface area contributed by atoms with Crippen molar-refractivity contribution >= 4 is 0 Å². The third kappa shape index (κ3) is 3.55. The number of ether oxygens (including phenoxy) is 1. The summed E-state index contributed by atoms with van der Waals surface area (Å²) in [5.74, 6) is -1.45. The first-order chi connectivity index (χ1) is 9.63.